The number of halogens is 1. The summed E-state index contributed by atoms with van der Waals surface area (Å²) in [6, 6.07) is 5.82. The van der Waals surface area contributed by atoms with E-state index in [1.165, 1.54) is 6.08 Å². The Morgan fingerprint density at radius 1 is 1.58 bits per heavy atom. The fraction of sp³-hybridized carbons (Fsp3) is 0.200. The number of hydrogen-bond donors (Lipinski definition) is 1. The molecule has 1 rings (SSSR count). The zero-order chi connectivity index (χ0) is 9.14. The van der Waals surface area contributed by atoms with Crippen LogP contribution in [0.3, 0.4) is 0 Å². The van der Waals surface area contributed by atoms with Crippen molar-refractivity contribution in [2.45, 2.75) is 13.0 Å². The standard InChI is InChI=1S/C10H11BrO/c1-3-9(12)10-7(2)5-4-6-8(10)11/h3-6,9,12H,1H2,2H3. The molecule has 0 saturated heterocycles. The van der Waals surface area contributed by atoms with Gasteiger partial charge in [-0.15, -0.1) is 6.58 Å². The van der Waals surface area contributed by atoms with E-state index >= 15 is 0 Å². The van der Waals surface area contributed by atoms with Crippen molar-refractivity contribution in [2.75, 3.05) is 0 Å². The van der Waals surface area contributed by atoms with Gasteiger partial charge >= 0.3 is 0 Å². The Bertz CT molecular complexity index is 274. The SMILES string of the molecule is C=CC(O)c1c(C)cccc1Br. The summed E-state index contributed by atoms with van der Waals surface area (Å²) in [5.41, 5.74) is 1.96. The van der Waals surface area contributed by atoms with Crippen LogP contribution >= 0.6 is 15.9 Å². The van der Waals surface area contributed by atoms with Gasteiger partial charge in [0.2, 0.25) is 0 Å². The third kappa shape index (κ3) is 1.76. The topological polar surface area (TPSA) is 20.2 Å². The van der Waals surface area contributed by atoms with Crippen molar-refractivity contribution in [3.8, 4) is 0 Å². The van der Waals surface area contributed by atoms with E-state index in [-0.39, 0.29) is 0 Å². The largest absolute Gasteiger partial charge is 0.384 e. The van der Waals surface area contributed by atoms with E-state index in [0.29, 0.717) is 0 Å². The summed E-state index contributed by atoms with van der Waals surface area (Å²) in [7, 11) is 0. The van der Waals surface area contributed by atoms with E-state index in [1.54, 1.807) is 0 Å². The Kier molecular flexibility index (Phi) is 3.06. The molecule has 0 spiro atoms. The maximum Gasteiger partial charge on any atom is 0.0982 e. The quantitative estimate of drug-likeness (QED) is 0.770. The molecule has 0 bridgehead atoms. The van der Waals surface area contributed by atoms with Crippen LogP contribution < -0.4 is 0 Å². The highest BCUT2D eigenvalue weighted by molar-refractivity contribution is 9.10. The smallest absolute Gasteiger partial charge is 0.0982 e. The minimum Gasteiger partial charge on any atom is -0.384 e. The summed E-state index contributed by atoms with van der Waals surface area (Å²) >= 11 is 3.38. The fourth-order valence-electron chi connectivity index (χ4n) is 1.14. The Hall–Kier alpha value is -0.600. The Balaban J connectivity index is 3.20. The van der Waals surface area contributed by atoms with Gasteiger partial charge in [0.25, 0.3) is 0 Å². The van der Waals surface area contributed by atoms with Gasteiger partial charge in [0.15, 0.2) is 0 Å². The van der Waals surface area contributed by atoms with Gasteiger partial charge in [-0.1, -0.05) is 34.1 Å². The van der Waals surface area contributed by atoms with Crippen molar-refractivity contribution in [1.82, 2.24) is 0 Å². The minimum absolute atomic E-state index is 0.583. The van der Waals surface area contributed by atoms with Crippen LogP contribution in [0, 0.1) is 6.92 Å². The van der Waals surface area contributed by atoms with E-state index in [4.69, 9.17) is 0 Å². The maximum atomic E-state index is 9.54. The third-order valence-electron chi connectivity index (χ3n) is 1.79. The zero-order valence-electron chi connectivity index (χ0n) is 6.92. The van der Waals surface area contributed by atoms with Crippen LogP contribution in [0.1, 0.15) is 17.2 Å². The number of rotatable bonds is 2. The highest BCUT2D eigenvalue weighted by atomic mass is 79.9. The normalized spacial score (nSPS) is 12.6. The van der Waals surface area contributed by atoms with Crippen molar-refractivity contribution in [3.63, 3.8) is 0 Å². The molecule has 0 radical (unpaired) electrons. The molecule has 1 aromatic rings. The zero-order valence-corrected chi connectivity index (χ0v) is 8.51. The van der Waals surface area contributed by atoms with Gasteiger partial charge in [-0.25, -0.2) is 0 Å². The van der Waals surface area contributed by atoms with Gasteiger partial charge in [-0.2, -0.15) is 0 Å². The first-order valence-electron chi connectivity index (χ1n) is 3.72. The molecule has 0 aliphatic heterocycles. The van der Waals surface area contributed by atoms with Gasteiger partial charge < -0.3 is 5.11 Å². The Labute approximate surface area is 80.9 Å². The molecule has 0 aliphatic rings. The minimum atomic E-state index is -0.583. The highest BCUT2D eigenvalue weighted by Crippen LogP contribution is 2.26. The molecule has 0 fully saturated rings. The molecule has 0 aromatic heterocycles. The summed E-state index contributed by atoms with van der Waals surface area (Å²) in [6.45, 7) is 5.51. The Morgan fingerprint density at radius 3 is 2.75 bits per heavy atom. The molecule has 2 heteroatoms. The number of aliphatic hydroxyl groups excluding tert-OH is 1. The predicted octanol–water partition coefficient (Wildman–Crippen LogP) is 2.98. The predicted molar refractivity (Wildman–Crippen MR) is 54.0 cm³/mol. The molecular formula is C10H11BrO. The van der Waals surface area contributed by atoms with E-state index in [0.717, 1.165) is 15.6 Å². The Morgan fingerprint density at radius 2 is 2.25 bits per heavy atom. The third-order valence-corrected chi connectivity index (χ3v) is 2.48. The van der Waals surface area contributed by atoms with Crippen molar-refractivity contribution in [1.29, 1.82) is 0 Å². The lowest BCUT2D eigenvalue weighted by Crippen LogP contribution is -1.96. The molecule has 1 aromatic carbocycles. The lowest BCUT2D eigenvalue weighted by atomic mass is 10.0. The van der Waals surface area contributed by atoms with Crippen LogP contribution in [0.5, 0.6) is 0 Å². The van der Waals surface area contributed by atoms with Gasteiger partial charge in [0, 0.05) is 10.0 Å². The molecule has 12 heavy (non-hydrogen) atoms. The lowest BCUT2D eigenvalue weighted by molar-refractivity contribution is 0.227. The molecule has 1 nitrogen and oxygen atoms in total. The molecule has 0 saturated carbocycles. The van der Waals surface area contributed by atoms with Crippen LogP contribution in [-0.2, 0) is 0 Å². The van der Waals surface area contributed by atoms with Crippen LogP contribution in [0.4, 0.5) is 0 Å². The maximum absolute atomic E-state index is 9.54. The fourth-order valence-corrected chi connectivity index (χ4v) is 1.84. The number of aliphatic hydroxyl groups is 1. The average Bonchev–Trinajstić information content (AvgIpc) is 2.03. The molecule has 1 atom stereocenters. The van der Waals surface area contributed by atoms with Crippen LogP contribution in [-0.4, -0.2) is 5.11 Å². The van der Waals surface area contributed by atoms with E-state index in [9.17, 15) is 5.11 Å². The second-order valence-corrected chi connectivity index (χ2v) is 3.51. The molecule has 0 heterocycles. The first-order chi connectivity index (χ1) is 5.66. The molecule has 1 N–H and O–H groups in total. The van der Waals surface area contributed by atoms with E-state index in [2.05, 4.69) is 22.5 Å². The van der Waals surface area contributed by atoms with Crippen molar-refractivity contribution >= 4 is 15.9 Å². The average molecular weight is 227 g/mol. The van der Waals surface area contributed by atoms with Crippen molar-refractivity contribution in [2.24, 2.45) is 0 Å². The summed E-state index contributed by atoms with van der Waals surface area (Å²) in [5, 5.41) is 9.54. The highest BCUT2D eigenvalue weighted by Gasteiger charge is 2.09. The van der Waals surface area contributed by atoms with Gasteiger partial charge in [-0.3, -0.25) is 0 Å². The van der Waals surface area contributed by atoms with Gasteiger partial charge in [-0.05, 0) is 18.6 Å². The van der Waals surface area contributed by atoms with Gasteiger partial charge in [0.1, 0.15) is 0 Å². The summed E-state index contributed by atoms with van der Waals surface area (Å²) in [6.07, 6.45) is 0.938. The first-order valence-corrected chi connectivity index (χ1v) is 4.51. The van der Waals surface area contributed by atoms with Crippen molar-refractivity contribution in [3.05, 3.63) is 46.5 Å². The van der Waals surface area contributed by atoms with Crippen molar-refractivity contribution < 1.29 is 5.11 Å². The first kappa shape index (κ1) is 9.49. The monoisotopic (exact) mass is 226 g/mol. The second kappa shape index (κ2) is 3.87. The summed E-state index contributed by atoms with van der Waals surface area (Å²) in [5.74, 6) is 0. The van der Waals surface area contributed by atoms with Gasteiger partial charge in [0.05, 0.1) is 6.10 Å². The van der Waals surface area contributed by atoms with Crippen LogP contribution in [0.2, 0.25) is 0 Å². The summed E-state index contributed by atoms with van der Waals surface area (Å²) in [4.78, 5) is 0. The second-order valence-electron chi connectivity index (χ2n) is 2.65. The summed E-state index contributed by atoms with van der Waals surface area (Å²) < 4.78 is 0.926. The molecular weight excluding hydrogens is 216 g/mol. The molecule has 64 valence electrons. The van der Waals surface area contributed by atoms with Crippen LogP contribution in [0.15, 0.2) is 35.3 Å². The number of hydrogen-bond acceptors (Lipinski definition) is 1. The van der Waals surface area contributed by atoms with E-state index in [1.807, 2.05) is 25.1 Å². The van der Waals surface area contributed by atoms with E-state index < -0.39 is 6.10 Å². The number of benzene rings is 1. The molecule has 0 amide bonds. The molecule has 1 unspecified atom stereocenters. The molecule has 0 aliphatic carbocycles. The lowest BCUT2D eigenvalue weighted by Gasteiger charge is -2.11. The van der Waals surface area contributed by atoms with Crippen LogP contribution in [0.25, 0.3) is 0 Å². The number of aryl methyl sites for hydroxylation is 1.